The average molecular weight is 266 g/mol. The molecule has 92 valence electrons. The molecule has 0 unspecified atom stereocenters. The van der Waals surface area contributed by atoms with Gasteiger partial charge >= 0.3 is 0 Å². The second kappa shape index (κ2) is 3.93. The number of thioether (sulfide) groups is 1. The van der Waals surface area contributed by atoms with Crippen LogP contribution in [0.2, 0.25) is 0 Å². The normalized spacial score (nSPS) is 11.6. The predicted molar refractivity (Wildman–Crippen MR) is 77.6 cm³/mol. The molecule has 0 amide bonds. The van der Waals surface area contributed by atoms with Crippen LogP contribution in [-0.4, -0.2) is 25.6 Å². The van der Waals surface area contributed by atoms with Crippen LogP contribution < -0.4 is 0 Å². The van der Waals surface area contributed by atoms with Crippen LogP contribution in [0.15, 0.2) is 47.9 Å². The van der Waals surface area contributed by atoms with Gasteiger partial charge in [-0.05, 0) is 30.5 Å². The third-order valence-corrected chi connectivity index (χ3v) is 3.74. The van der Waals surface area contributed by atoms with Crippen LogP contribution in [-0.2, 0) is 0 Å². The van der Waals surface area contributed by atoms with Crippen molar-refractivity contribution in [3.8, 4) is 0 Å². The third-order valence-electron chi connectivity index (χ3n) is 3.18. The highest BCUT2D eigenvalue weighted by molar-refractivity contribution is 7.98. The summed E-state index contributed by atoms with van der Waals surface area (Å²) in [6.07, 6.45) is 5.87. The molecule has 0 radical (unpaired) electrons. The second-order valence-corrected chi connectivity index (χ2v) is 5.04. The number of pyridine rings is 1. The number of benzene rings is 1. The molecule has 4 nitrogen and oxygen atoms in total. The van der Waals surface area contributed by atoms with Crippen molar-refractivity contribution in [1.29, 1.82) is 0 Å². The maximum atomic E-state index is 4.64. The van der Waals surface area contributed by atoms with E-state index in [9.17, 15) is 0 Å². The molecule has 0 aliphatic carbocycles. The van der Waals surface area contributed by atoms with Gasteiger partial charge in [0.1, 0.15) is 11.2 Å². The van der Waals surface area contributed by atoms with Crippen molar-refractivity contribution in [2.45, 2.75) is 5.16 Å². The van der Waals surface area contributed by atoms with Gasteiger partial charge < -0.3 is 0 Å². The first-order valence-electron chi connectivity index (χ1n) is 5.93. The molecule has 0 saturated carbocycles. The van der Waals surface area contributed by atoms with Crippen LogP contribution in [0.4, 0.5) is 0 Å². The summed E-state index contributed by atoms with van der Waals surface area (Å²) in [5.41, 5.74) is 3.90. The summed E-state index contributed by atoms with van der Waals surface area (Å²) in [6, 6.07) is 10.0. The van der Waals surface area contributed by atoms with Crippen molar-refractivity contribution in [2.75, 3.05) is 6.26 Å². The molecular formula is C14H10N4S. The minimum atomic E-state index is 0.783. The standard InChI is InChI=1S/C14H10N4S/c1-19-14-15-8-9-5-6-10-13(12(9)17-14)18-7-3-2-4-11(18)16-10/h2-8H,1H3. The van der Waals surface area contributed by atoms with E-state index in [1.165, 1.54) is 0 Å². The lowest BCUT2D eigenvalue weighted by atomic mass is 10.2. The Morgan fingerprint density at radius 1 is 1.11 bits per heavy atom. The Morgan fingerprint density at radius 3 is 2.95 bits per heavy atom. The zero-order valence-corrected chi connectivity index (χ0v) is 11.1. The van der Waals surface area contributed by atoms with Crippen LogP contribution in [0.25, 0.3) is 27.6 Å². The molecule has 4 aromatic rings. The van der Waals surface area contributed by atoms with Crippen molar-refractivity contribution in [3.63, 3.8) is 0 Å². The molecule has 19 heavy (non-hydrogen) atoms. The molecule has 0 fully saturated rings. The summed E-state index contributed by atoms with van der Waals surface area (Å²) >= 11 is 1.55. The number of fused-ring (bicyclic) bond motifs is 5. The predicted octanol–water partition coefficient (Wildman–Crippen LogP) is 3.15. The van der Waals surface area contributed by atoms with Gasteiger partial charge in [-0.25, -0.2) is 15.0 Å². The first-order chi connectivity index (χ1) is 9.36. The minimum absolute atomic E-state index is 0.783. The van der Waals surface area contributed by atoms with Gasteiger partial charge in [0.25, 0.3) is 0 Å². The summed E-state index contributed by atoms with van der Waals surface area (Å²) in [6.45, 7) is 0. The van der Waals surface area contributed by atoms with Crippen LogP contribution in [0.1, 0.15) is 0 Å². The first-order valence-corrected chi connectivity index (χ1v) is 7.16. The SMILES string of the molecule is CSc1ncc2ccc3nc4ccccn4c3c2n1. The third kappa shape index (κ3) is 1.51. The lowest BCUT2D eigenvalue weighted by Gasteiger charge is -2.01. The van der Waals surface area contributed by atoms with Crippen LogP contribution in [0, 0.1) is 0 Å². The van der Waals surface area contributed by atoms with E-state index in [-0.39, 0.29) is 0 Å². The monoisotopic (exact) mass is 266 g/mol. The zero-order valence-electron chi connectivity index (χ0n) is 10.2. The topological polar surface area (TPSA) is 43.1 Å². The van der Waals surface area contributed by atoms with Crippen molar-refractivity contribution in [2.24, 2.45) is 0 Å². The smallest absolute Gasteiger partial charge is 0.187 e. The molecule has 0 saturated heterocycles. The molecule has 0 aliphatic heterocycles. The fourth-order valence-corrected chi connectivity index (χ4v) is 2.66. The molecule has 1 aromatic carbocycles. The van der Waals surface area contributed by atoms with Gasteiger partial charge in [-0.3, -0.25) is 4.40 Å². The Hall–Kier alpha value is -2.14. The Bertz CT molecular complexity index is 913. The number of rotatable bonds is 1. The van der Waals surface area contributed by atoms with Gasteiger partial charge in [0.2, 0.25) is 0 Å². The molecular weight excluding hydrogens is 256 g/mol. The van der Waals surface area contributed by atoms with Crippen LogP contribution >= 0.6 is 11.8 Å². The van der Waals surface area contributed by atoms with Gasteiger partial charge in [-0.1, -0.05) is 17.8 Å². The highest BCUT2D eigenvalue weighted by Crippen LogP contribution is 2.25. The van der Waals surface area contributed by atoms with E-state index in [4.69, 9.17) is 0 Å². The van der Waals surface area contributed by atoms with Crippen LogP contribution in [0.5, 0.6) is 0 Å². The van der Waals surface area contributed by atoms with Crippen molar-refractivity contribution >= 4 is 39.3 Å². The largest absolute Gasteiger partial charge is 0.298 e. The molecule has 5 heteroatoms. The van der Waals surface area contributed by atoms with Gasteiger partial charge in [-0.15, -0.1) is 0 Å². The van der Waals surface area contributed by atoms with E-state index in [1.54, 1.807) is 11.8 Å². The van der Waals surface area contributed by atoms with Crippen LogP contribution in [0.3, 0.4) is 0 Å². The molecule has 4 rings (SSSR count). The molecule has 3 aromatic heterocycles. The molecule has 3 heterocycles. The second-order valence-electron chi connectivity index (χ2n) is 4.27. The van der Waals surface area contributed by atoms with Gasteiger partial charge in [-0.2, -0.15) is 0 Å². The molecule has 0 atom stereocenters. The average Bonchev–Trinajstić information content (AvgIpc) is 2.85. The molecule has 0 aliphatic rings. The van der Waals surface area contributed by atoms with Gasteiger partial charge in [0.15, 0.2) is 5.16 Å². The fourth-order valence-electron chi connectivity index (χ4n) is 2.32. The van der Waals surface area contributed by atoms with E-state index in [1.807, 2.05) is 49.0 Å². The maximum absolute atomic E-state index is 4.64. The quantitative estimate of drug-likeness (QED) is 0.392. The molecule has 0 spiro atoms. The van der Waals surface area contributed by atoms with Crippen molar-refractivity contribution in [3.05, 3.63) is 42.7 Å². The lowest BCUT2D eigenvalue weighted by molar-refractivity contribution is 1.01. The number of nitrogens with zero attached hydrogens (tertiary/aromatic N) is 4. The maximum Gasteiger partial charge on any atom is 0.187 e. The van der Waals surface area contributed by atoms with Gasteiger partial charge in [0.05, 0.1) is 11.0 Å². The number of aromatic nitrogens is 4. The van der Waals surface area contributed by atoms with E-state index >= 15 is 0 Å². The van der Waals surface area contributed by atoms with Crippen molar-refractivity contribution < 1.29 is 0 Å². The summed E-state index contributed by atoms with van der Waals surface area (Å²) < 4.78 is 2.08. The van der Waals surface area contributed by atoms with Crippen molar-refractivity contribution in [1.82, 2.24) is 19.4 Å². The first kappa shape index (κ1) is 10.8. The fraction of sp³-hybridized carbons (Fsp3) is 0.0714. The summed E-state index contributed by atoms with van der Waals surface area (Å²) in [7, 11) is 0. The zero-order chi connectivity index (χ0) is 12.8. The van der Waals surface area contributed by atoms with E-state index < -0.39 is 0 Å². The van der Waals surface area contributed by atoms with E-state index in [2.05, 4.69) is 19.4 Å². The minimum Gasteiger partial charge on any atom is -0.298 e. The molecule has 0 bridgehead atoms. The number of hydrogen-bond donors (Lipinski definition) is 0. The molecule has 0 N–H and O–H groups in total. The Morgan fingerprint density at radius 2 is 2.05 bits per heavy atom. The van der Waals surface area contributed by atoms with E-state index in [0.29, 0.717) is 0 Å². The highest BCUT2D eigenvalue weighted by atomic mass is 32.2. The highest BCUT2D eigenvalue weighted by Gasteiger charge is 2.10. The number of imidazole rings is 1. The Balaban J connectivity index is 2.27. The lowest BCUT2D eigenvalue weighted by Crippen LogP contribution is -1.90. The van der Waals surface area contributed by atoms with E-state index in [0.717, 1.165) is 32.7 Å². The Labute approximate surface area is 113 Å². The number of hydrogen-bond acceptors (Lipinski definition) is 4. The summed E-state index contributed by atoms with van der Waals surface area (Å²) in [5, 5.41) is 1.82. The summed E-state index contributed by atoms with van der Waals surface area (Å²) in [5.74, 6) is 0. The van der Waals surface area contributed by atoms with Gasteiger partial charge in [0, 0.05) is 17.8 Å². The Kier molecular flexibility index (Phi) is 2.22. The summed E-state index contributed by atoms with van der Waals surface area (Å²) in [4.78, 5) is 13.6.